The van der Waals surface area contributed by atoms with Gasteiger partial charge in [0.15, 0.2) is 0 Å². The molecule has 10 heteroatoms. The third kappa shape index (κ3) is 6.98. The second-order valence-electron chi connectivity index (χ2n) is 11.0. The highest BCUT2D eigenvalue weighted by Crippen LogP contribution is 2.37. The van der Waals surface area contributed by atoms with Gasteiger partial charge in [0.1, 0.15) is 17.9 Å². The van der Waals surface area contributed by atoms with E-state index in [9.17, 15) is 31.5 Å². The number of furan rings is 1. The molecule has 0 fully saturated rings. The molecule has 1 N–H and O–H groups in total. The lowest BCUT2D eigenvalue weighted by Crippen LogP contribution is -2.35. The highest BCUT2D eigenvalue weighted by Gasteiger charge is 2.32. The van der Waals surface area contributed by atoms with Gasteiger partial charge in [-0.1, -0.05) is 103 Å². The fourth-order valence-electron chi connectivity index (χ4n) is 5.54. The number of alkyl halides is 3. The van der Waals surface area contributed by atoms with Gasteiger partial charge in [-0.15, -0.1) is 0 Å². The van der Waals surface area contributed by atoms with Crippen molar-refractivity contribution < 1.29 is 35.9 Å². The van der Waals surface area contributed by atoms with Crippen LogP contribution in [-0.2, 0) is 34.0 Å². The minimum Gasteiger partial charge on any atom is -0.480 e. The number of benzene rings is 5. The van der Waals surface area contributed by atoms with Crippen LogP contribution in [-0.4, -0.2) is 30.3 Å². The van der Waals surface area contributed by atoms with Crippen molar-refractivity contribution in [2.24, 2.45) is 0 Å². The van der Waals surface area contributed by atoms with Gasteiger partial charge >= 0.3 is 12.1 Å². The highest BCUT2D eigenvalue weighted by atomic mass is 32.2. The summed E-state index contributed by atoms with van der Waals surface area (Å²) in [5.41, 5.74) is 4.47. The highest BCUT2D eigenvalue weighted by molar-refractivity contribution is 7.89. The standard InChI is InChI=1S/C37H28F3NO5S/c38-37(39,40)30-10-6-9-26(21-30)23-41(24-35(42)43)47(44,45)31-19-17-28(18-20-31)27-13-15-29(16-14-27)36-32-11-4-5-12-33(32)46-34(36)22-25-7-2-1-3-8-25/h1-21H,22-24H2,(H,42,43). The Morgan fingerprint density at radius 3 is 1.98 bits per heavy atom. The fourth-order valence-corrected chi connectivity index (χ4v) is 6.92. The van der Waals surface area contributed by atoms with Gasteiger partial charge < -0.3 is 9.52 Å². The summed E-state index contributed by atoms with van der Waals surface area (Å²) in [4.78, 5) is 11.4. The van der Waals surface area contributed by atoms with Crippen molar-refractivity contribution in [3.8, 4) is 22.3 Å². The molecule has 6 rings (SSSR count). The summed E-state index contributed by atoms with van der Waals surface area (Å²) in [6.45, 7) is -1.46. The lowest BCUT2D eigenvalue weighted by molar-refractivity contribution is -0.138. The second kappa shape index (κ2) is 12.9. The first-order valence-electron chi connectivity index (χ1n) is 14.6. The van der Waals surface area contributed by atoms with Crippen LogP contribution in [0.2, 0.25) is 0 Å². The molecule has 0 unspecified atom stereocenters. The van der Waals surface area contributed by atoms with Gasteiger partial charge in [0.25, 0.3) is 0 Å². The van der Waals surface area contributed by atoms with E-state index in [0.717, 1.165) is 62.7 Å². The van der Waals surface area contributed by atoms with Crippen LogP contribution in [0.5, 0.6) is 0 Å². The number of para-hydroxylation sites is 1. The van der Waals surface area contributed by atoms with Crippen molar-refractivity contribution in [1.29, 1.82) is 0 Å². The zero-order valence-electron chi connectivity index (χ0n) is 24.8. The molecule has 0 spiro atoms. The molecule has 0 aliphatic carbocycles. The molecule has 238 valence electrons. The van der Waals surface area contributed by atoms with Gasteiger partial charge in [-0.25, -0.2) is 8.42 Å². The summed E-state index contributed by atoms with van der Waals surface area (Å²) in [5.74, 6) is -0.592. The molecule has 0 radical (unpaired) electrons. The molecule has 0 bridgehead atoms. The molecule has 0 amide bonds. The SMILES string of the molecule is O=C(O)CN(Cc1cccc(C(F)(F)F)c1)S(=O)(=O)c1ccc(-c2ccc(-c3c(Cc4ccccc4)oc4ccccc34)cc2)cc1. The molecular formula is C37H28F3NO5S. The lowest BCUT2D eigenvalue weighted by Gasteiger charge is -2.21. The average Bonchev–Trinajstić information content (AvgIpc) is 3.42. The Kier molecular flexibility index (Phi) is 8.72. The average molecular weight is 656 g/mol. The number of sulfonamides is 1. The quantitative estimate of drug-likeness (QED) is 0.160. The maximum absolute atomic E-state index is 13.5. The molecule has 6 nitrogen and oxygen atoms in total. The van der Waals surface area contributed by atoms with Gasteiger partial charge in [-0.05, 0) is 52.1 Å². The van der Waals surface area contributed by atoms with Gasteiger partial charge in [0.2, 0.25) is 10.0 Å². The lowest BCUT2D eigenvalue weighted by atomic mass is 9.96. The van der Waals surface area contributed by atoms with E-state index in [1.165, 1.54) is 18.2 Å². The molecule has 0 saturated carbocycles. The minimum atomic E-state index is -4.63. The van der Waals surface area contributed by atoms with Crippen molar-refractivity contribution >= 4 is 27.0 Å². The smallest absolute Gasteiger partial charge is 0.416 e. The van der Waals surface area contributed by atoms with Gasteiger partial charge in [0.05, 0.1) is 10.5 Å². The van der Waals surface area contributed by atoms with E-state index in [2.05, 4.69) is 12.1 Å². The fraction of sp³-hybridized carbons (Fsp3) is 0.108. The predicted octanol–water partition coefficient (Wildman–Crippen LogP) is 8.65. The van der Waals surface area contributed by atoms with Crippen molar-refractivity contribution in [3.05, 3.63) is 150 Å². The zero-order chi connectivity index (χ0) is 33.2. The molecule has 0 aliphatic rings. The van der Waals surface area contributed by atoms with E-state index >= 15 is 0 Å². The molecular weight excluding hydrogens is 627 g/mol. The zero-order valence-corrected chi connectivity index (χ0v) is 25.6. The van der Waals surface area contributed by atoms with E-state index in [4.69, 9.17) is 4.42 Å². The summed E-state index contributed by atoms with van der Waals surface area (Å²) in [7, 11) is -4.37. The summed E-state index contributed by atoms with van der Waals surface area (Å²) in [6, 6.07) is 35.8. The monoisotopic (exact) mass is 655 g/mol. The Bertz CT molecular complexity index is 2140. The number of aliphatic carboxylic acids is 1. The van der Waals surface area contributed by atoms with Gasteiger partial charge in [-0.3, -0.25) is 4.79 Å². The Labute approximate surface area is 269 Å². The molecule has 0 aliphatic heterocycles. The van der Waals surface area contributed by atoms with E-state index in [0.29, 0.717) is 10.7 Å². The first kappa shape index (κ1) is 31.8. The molecule has 6 aromatic rings. The summed E-state index contributed by atoms with van der Waals surface area (Å²) < 4.78 is 73.5. The first-order chi connectivity index (χ1) is 22.5. The van der Waals surface area contributed by atoms with E-state index < -0.39 is 40.8 Å². The van der Waals surface area contributed by atoms with Crippen LogP contribution in [0.3, 0.4) is 0 Å². The van der Waals surface area contributed by atoms with E-state index in [-0.39, 0.29) is 10.5 Å². The van der Waals surface area contributed by atoms with Gasteiger partial charge in [0, 0.05) is 23.9 Å². The number of hydrogen-bond acceptors (Lipinski definition) is 4. The summed E-state index contributed by atoms with van der Waals surface area (Å²) in [6.07, 6.45) is -4.01. The number of rotatable bonds is 10. The van der Waals surface area contributed by atoms with Gasteiger partial charge in [-0.2, -0.15) is 17.5 Å². The van der Waals surface area contributed by atoms with Crippen LogP contribution >= 0.6 is 0 Å². The van der Waals surface area contributed by atoms with Crippen LogP contribution in [0.4, 0.5) is 13.2 Å². The van der Waals surface area contributed by atoms with Crippen LogP contribution in [0, 0.1) is 0 Å². The van der Waals surface area contributed by atoms with Crippen LogP contribution in [0.25, 0.3) is 33.2 Å². The molecule has 0 saturated heterocycles. The van der Waals surface area contributed by atoms with Crippen molar-refractivity contribution in [2.75, 3.05) is 6.54 Å². The minimum absolute atomic E-state index is 0.0127. The number of carboxylic acids is 1. The number of carboxylic acid groups (broad SMARTS) is 1. The van der Waals surface area contributed by atoms with Crippen molar-refractivity contribution in [3.63, 3.8) is 0 Å². The summed E-state index contributed by atoms with van der Waals surface area (Å²) in [5, 5.41) is 10.4. The number of halogens is 3. The summed E-state index contributed by atoms with van der Waals surface area (Å²) >= 11 is 0. The maximum Gasteiger partial charge on any atom is 0.416 e. The Morgan fingerprint density at radius 1 is 0.723 bits per heavy atom. The third-order valence-electron chi connectivity index (χ3n) is 7.80. The number of hydrogen-bond donors (Lipinski definition) is 1. The van der Waals surface area contributed by atoms with Crippen molar-refractivity contribution in [1.82, 2.24) is 4.31 Å². The molecule has 1 heterocycles. The number of nitrogens with zero attached hydrogens (tertiary/aromatic N) is 1. The molecule has 47 heavy (non-hydrogen) atoms. The second-order valence-corrected chi connectivity index (χ2v) is 13.0. The van der Waals surface area contributed by atoms with E-state index in [1.54, 1.807) is 12.1 Å². The molecule has 1 aromatic heterocycles. The predicted molar refractivity (Wildman–Crippen MR) is 173 cm³/mol. The topological polar surface area (TPSA) is 87.8 Å². The van der Waals surface area contributed by atoms with Crippen LogP contribution < -0.4 is 0 Å². The van der Waals surface area contributed by atoms with Crippen LogP contribution in [0.1, 0.15) is 22.5 Å². The van der Waals surface area contributed by atoms with E-state index in [1.807, 2.05) is 66.7 Å². The van der Waals surface area contributed by atoms with Crippen molar-refractivity contribution in [2.45, 2.75) is 24.0 Å². The Hall–Kier alpha value is -5.19. The third-order valence-corrected chi connectivity index (χ3v) is 9.61. The Balaban J connectivity index is 1.26. The van der Waals surface area contributed by atoms with Crippen LogP contribution in [0.15, 0.2) is 137 Å². The first-order valence-corrected chi connectivity index (χ1v) is 16.1. The normalized spacial score (nSPS) is 12.1. The maximum atomic E-state index is 13.5. The number of carbonyl (C=O) groups is 1. The number of fused-ring (bicyclic) bond motifs is 1. The molecule has 5 aromatic carbocycles. The largest absolute Gasteiger partial charge is 0.480 e. The Morgan fingerprint density at radius 2 is 1.32 bits per heavy atom. The molecule has 0 atom stereocenters.